The molecule has 1 aromatic heterocycles. The lowest BCUT2D eigenvalue weighted by atomic mass is 10.2. The number of alkyl halides is 2. The molecule has 7 nitrogen and oxygen atoms in total. The molecule has 1 N–H and O–H groups in total. The highest BCUT2D eigenvalue weighted by molar-refractivity contribution is 7.89. The van der Waals surface area contributed by atoms with Crippen molar-refractivity contribution in [2.24, 2.45) is 0 Å². The highest BCUT2D eigenvalue weighted by atomic mass is 32.2. The maximum atomic E-state index is 12.3. The van der Waals surface area contributed by atoms with E-state index in [0.717, 1.165) is 0 Å². The van der Waals surface area contributed by atoms with E-state index in [4.69, 9.17) is 9.26 Å². The number of halogens is 2. The predicted molar refractivity (Wildman–Crippen MR) is 79.6 cm³/mol. The minimum Gasteiger partial charge on any atom is -0.493 e. The number of hydrogen-bond acceptors (Lipinski definition) is 6. The first-order valence-electron chi connectivity index (χ1n) is 6.79. The summed E-state index contributed by atoms with van der Waals surface area (Å²) >= 11 is 0. The van der Waals surface area contributed by atoms with Crippen molar-refractivity contribution in [1.29, 1.82) is 0 Å². The lowest BCUT2D eigenvalue weighted by molar-refractivity contribution is -0.0512. The summed E-state index contributed by atoms with van der Waals surface area (Å²) in [5.41, 5.74) is 0.752. The molecule has 0 atom stereocenters. The highest BCUT2D eigenvalue weighted by Crippen LogP contribution is 2.29. The highest BCUT2D eigenvalue weighted by Gasteiger charge is 2.24. The second-order valence-corrected chi connectivity index (χ2v) is 6.55. The summed E-state index contributed by atoms with van der Waals surface area (Å²) in [7, 11) is -2.53. The molecule has 132 valence electrons. The van der Waals surface area contributed by atoms with Crippen LogP contribution >= 0.6 is 0 Å². The molecule has 0 fully saturated rings. The number of nitrogens with zero attached hydrogens (tertiary/aromatic N) is 1. The van der Waals surface area contributed by atoms with Crippen molar-refractivity contribution in [3.05, 3.63) is 35.2 Å². The van der Waals surface area contributed by atoms with Gasteiger partial charge in [0.2, 0.25) is 10.0 Å². The number of nitrogens with one attached hydrogen (secondary N) is 1. The van der Waals surface area contributed by atoms with Gasteiger partial charge in [0, 0.05) is 6.54 Å². The average Bonchev–Trinajstić information content (AvgIpc) is 2.85. The first-order chi connectivity index (χ1) is 11.2. The minimum absolute atomic E-state index is 0.0212. The number of rotatable bonds is 7. The van der Waals surface area contributed by atoms with Gasteiger partial charge in [-0.15, -0.1) is 0 Å². The molecule has 0 amide bonds. The molecule has 0 radical (unpaired) electrons. The zero-order valence-corrected chi connectivity index (χ0v) is 14.0. The number of methoxy groups -OCH3 is 1. The van der Waals surface area contributed by atoms with Crippen LogP contribution < -0.4 is 14.2 Å². The molecule has 0 bridgehead atoms. The first-order valence-corrected chi connectivity index (χ1v) is 8.27. The van der Waals surface area contributed by atoms with Crippen LogP contribution in [0.3, 0.4) is 0 Å². The topological polar surface area (TPSA) is 90.7 Å². The van der Waals surface area contributed by atoms with Crippen LogP contribution in [0.4, 0.5) is 8.78 Å². The summed E-state index contributed by atoms with van der Waals surface area (Å²) in [6, 6.07) is 4.15. The smallest absolute Gasteiger partial charge is 0.387 e. The predicted octanol–water partition coefficient (Wildman–Crippen LogP) is 2.38. The Morgan fingerprint density at radius 2 is 2.00 bits per heavy atom. The molecule has 0 aliphatic heterocycles. The van der Waals surface area contributed by atoms with Crippen LogP contribution in [0.15, 0.2) is 27.6 Å². The lowest BCUT2D eigenvalue weighted by Crippen LogP contribution is -2.24. The Kier molecular flexibility index (Phi) is 5.40. The van der Waals surface area contributed by atoms with Crippen molar-refractivity contribution in [2.75, 3.05) is 7.11 Å². The molecule has 24 heavy (non-hydrogen) atoms. The molecular weight excluding hydrogens is 346 g/mol. The van der Waals surface area contributed by atoms with E-state index in [0.29, 0.717) is 5.56 Å². The van der Waals surface area contributed by atoms with Gasteiger partial charge in [-0.05, 0) is 31.5 Å². The Morgan fingerprint density at radius 1 is 1.29 bits per heavy atom. The standard InChI is InChI=1S/C14H16F2N2O5S/c1-8-13(9(2)23-18-8)24(19,20)17-7-10-4-5-11(22-14(15)16)12(6-10)21-3/h4-6,14,17H,7H2,1-3H3. The molecule has 2 aromatic rings. The van der Waals surface area contributed by atoms with E-state index >= 15 is 0 Å². The first kappa shape index (κ1) is 18.1. The summed E-state index contributed by atoms with van der Waals surface area (Å²) in [4.78, 5) is -0.0212. The quantitative estimate of drug-likeness (QED) is 0.813. The van der Waals surface area contributed by atoms with Gasteiger partial charge in [0.05, 0.1) is 7.11 Å². The molecule has 0 aliphatic rings. The third-order valence-corrected chi connectivity index (χ3v) is 4.79. The monoisotopic (exact) mass is 362 g/mol. The van der Waals surface area contributed by atoms with Gasteiger partial charge in [-0.1, -0.05) is 11.2 Å². The van der Waals surface area contributed by atoms with E-state index in [1.165, 1.54) is 39.2 Å². The van der Waals surface area contributed by atoms with Gasteiger partial charge in [0.15, 0.2) is 17.3 Å². The van der Waals surface area contributed by atoms with Crippen LogP contribution in [0.25, 0.3) is 0 Å². The normalized spacial score (nSPS) is 11.8. The second-order valence-electron chi connectivity index (χ2n) is 4.84. The summed E-state index contributed by atoms with van der Waals surface area (Å²) in [5.74, 6) is 0.118. The summed E-state index contributed by atoms with van der Waals surface area (Å²) in [6.45, 7) is -0.0427. The molecule has 1 heterocycles. The maximum absolute atomic E-state index is 12.3. The van der Waals surface area contributed by atoms with Gasteiger partial charge in [0.25, 0.3) is 0 Å². The van der Waals surface area contributed by atoms with Gasteiger partial charge in [-0.3, -0.25) is 0 Å². The number of hydrogen-bond donors (Lipinski definition) is 1. The van der Waals surface area contributed by atoms with Crippen LogP contribution in [0.2, 0.25) is 0 Å². The minimum atomic E-state index is -3.82. The van der Waals surface area contributed by atoms with Gasteiger partial charge < -0.3 is 14.0 Å². The van der Waals surface area contributed by atoms with Crippen LogP contribution in [0.1, 0.15) is 17.0 Å². The number of benzene rings is 1. The lowest BCUT2D eigenvalue weighted by Gasteiger charge is -2.12. The van der Waals surface area contributed by atoms with Crippen molar-refractivity contribution in [3.8, 4) is 11.5 Å². The van der Waals surface area contributed by atoms with Crippen LogP contribution in [0.5, 0.6) is 11.5 Å². The fourth-order valence-electron chi connectivity index (χ4n) is 2.12. The molecule has 0 aliphatic carbocycles. The Labute approximate surface area is 137 Å². The van der Waals surface area contributed by atoms with E-state index in [2.05, 4.69) is 14.6 Å². The van der Waals surface area contributed by atoms with E-state index < -0.39 is 16.6 Å². The number of aromatic nitrogens is 1. The average molecular weight is 362 g/mol. The van der Waals surface area contributed by atoms with E-state index in [1.54, 1.807) is 0 Å². The Hall–Kier alpha value is -2.20. The van der Waals surface area contributed by atoms with E-state index in [-0.39, 0.29) is 34.4 Å². The zero-order valence-electron chi connectivity index (χ0n) is 13.2. The molecule has 0 unspecified atom stereocenters. The van der Waals surface area contributed by atoms with Gasteiger partial charge in [-0.25, -0.2) is 13.1 Å². The van der Waals surface area contributed by atoms with Crippen molar-refractivity contribution < 1.29 is 31.2 Å². The molecule has 0 spiro atoms. The molecule has 0 saturated carbocycles. The van der Waals surface area contributed by atoms with Crippen molar-refractivity contribution >= 4 is 10.0 Å². The molecular formula is C14H16F2N2O5S. The van der Waals surface area contributed by atoms with Crippen molar-refractivity contribution in [1.82, 2.24) is 9.88 Å². The van der Waals surface area contributed by atoms with Gasteiger partial charge in [0.1, 0.15) is 10.6 Å². The fourth-order valence-corrected chi connectivity index (χ4v) is 3.47. The van der Waals surface area contributed by atoms with Crippen LogP contribution in [-0.4, -0.2) is 27.3 Å². The number of ether oxygens (including phenoxy) is 2. The fraction of sp³-hybridized carbons (Fsp3) is 0.357. The van der Waals surface area contributed by atoms with Gasteiger partial charge >= 0.3 is 6.61 Å². The number of aryl methyl sites for hydroxylation is 2. The summed E-state index contributed by atoms with van der Waals surface area (Å²) in [5, 5.41) is 3.60. The summed E-state index contributed by atoms with van der Waals surface area (Å²) < 4.78 is 65.7. The summed E-state index contributed by atoms with van der Waals surface area (Å²) in [6.07, 6.45) is 0. The van der Waals surface area contributed by atoms with Crippen LogP contribution in [0, 0.1) is 13.8 Å². The van der Waals surface area contributed by atoms with Crippen molar-refractivity contribution in [2.45, 2.75) is 31.9 Å². The zero-order chi connectivity index (χ0) is 17.9. The Bertz CT molecular complexity index is 801. The van der Waals surface area contributed by atoms with Crippen molar-refractivity contribution in [3.63, 3.8) is 0 Å². The van der Waals surface area contributed by atoms with E-state index in [9.17, 15) is 17.2 Å². The van der Waals surface area contributed by atoms with Crippen LogP contribution in [-0.2, 0) is 16.6 Å². The molecule has 10 heteroatoms. The maximum Gasteiger partial charge on any atom is 0.387 e. The third kappa shape index (κ3) is 4.01. The second kappa shape index (κ2) is 7.14. The Balaban J connectivity index is 2.17. The molecule has 0 saturated heterocycles. The molecule has 2 rings (SSSR count). The largest absolute Gasteiger partial charge is 0.493 e. The molecule has 1 aromatic carbocycles. The SMILES string of the molecule is COc1cc(CNS(=O)(=O)c2c(C)noc2C)ccc1OC(F)F. The van der Waals surface area contributed by atoms with Gasteiger partial charge in [-0.2, -0.15) is 8.78 Å². The third-order valence-electron chi connectivity index (χ3n) is 3.15. The Morgan fingerprint density at radius 3 is 2.54 bits per heavy atom. The van der Waals surface area contributed by atoms with E-state index in [1.807, 2.05) is 0 Å². The number of sulfonamides is 1.